The van der Waals surface area contributed by atoms with E-state index in [0.29, 0.717) is 5.82 Å². The largest absolute Gasteiger partial charge is 0.341 e. The number of rotatable bonds is 2. The minimum atomic E-state index is -3.10. The quantitative estimate of drug-likeness (QED) is 0.844. The smallest absolute Gasteiger partial charge is 0.157 e. The minimum absolute atomic E-state index is 0.499. The van der Waals surface area contributed by atoms with Crippen LogP contribution in [0.5, 0.6) is 0 Å². The monoisotopic (exact) mass is 224 g/mol. The topological polar surface area (TPSA) is 62.8 Å². The Labute approximate surface area is 88.3 Å². The molecule has 1 unspecified atom stereocenters. The summed E-state index contributed by atoms with van der Waals surface area (Å²) in [5.41, 5.74) is 1.66. The molecule has 15 heavy (non-hydrogen) atoms. The van der Waals surface area contributed by atoms with Gasteiger partial charge >= 0.3 is 0 Å². The summed E-state index contributed by atoms with van der Waals surface area (Å²) < 4.78 is 22.7. The van der Waals surface area contributed by atoms with Gasteiger partial charge in [-0.25, -0.2) is 13.4 Å². The maximum Gasteiger partial charge on any atom is 0.157 e. The molecule has 0 fully saturated rings. The van der Waals surface area contributed by atoms with Gasteiger partial charge in [0.1, 0.15) is 11.1 Å². The van der Waals surface area contributed by atoms with E-state index in [4.69, 9.17) is 0 Å². The molecule has 0 radical (unpaired) electrons. The second-order valence-electron chi connectivity index (χ2n) is 3.61. The van der Waals surface area contributed by atoms with E-state index < -0.39 is 15.1 Å². The van der Waals surface area contributed by atoms with Crippen LogP contribution in [-0.2, 0) is 9.84 Å². The van der Waals surface area contributed by atoms with E-state index >= 15 is 0 Å². The van der Waals surface area contributed by atoms with E-state index in [1.165, 1.54) is 6.26 Å². The number of aromatic amines is 1. The fourth-order valence-electron chi connectivity index (χ4n) is 1.37. The summed E-state index contributed by atoms with van der Waals surface area (Å²) in [6.45, 7) is 1.63. The first kappa shape index (κ1) is 10.2. The molecule has 2 rings (SSSR count). The molecule has 0 bridgehead atoms. The molecule has 1 N–H and O–H groups in total. The number of hydrogen-bond acceptors (Lipinski definition) is 3. The van der Waals surface area contributed by atoms with Gasteiger partial charge in [-0.15, -0.1) is 0 Å². The van der Waals surface area contributed by atoms with Gasteiger partial charge in [0.05, 0.1) is 11.0 Å². The summed E-state index contributed by atoms with van der Waals surface area (Å²) in [4.78, 5) is 7.26. The third kappa shape index (κ3) is 1.87. The van der Waals surface area contributed by atoms with Crippen molar-refractivity contribution in [3.8, 4) is 0 Å². The molecule has 5 heteroatoms. The zero-order chi connectivity index (χ0) is 11.1. The van der Waals surface area contributed by atoms with E-state index in [1.54, 1.807) is 6.92 Å². The van der Waals surface area contributed by atoms with Crippen LogP contribution in [0.3, 0.4) is 0 Å². The molecule has 1 atom stereocenters. The van der Waals surface area contributed by atoms with Crippen molar-refractivity contribution in [2.24, 2.45) is 0 Å². The third-order valence-corrected chi connectivity index (χ3v) is 3.94. The van der Waals surface area contributed by atoms with Crippen LogP contribution in [0.1, 0.15) is 18.0 Å². The molecular formula is C10H12N2O2S. The standard InChI is InChI=1S/C10H12N2O2S/c1-7(15(2,13)14)10-11-8-5-3-4-6-9(8)12-10/h3-7H,1-2H3,(H,11,12). The first-order valence-corrected chi connectivity index (χ1v) is 6.57. The molecule has 2 aromatic rings. The van der Waals surface area contributed by atoms with E-state index in [-0.39, 0.29) is 0 Å². The lowest BCUT2D eigenvalue weighted by Gasteiger charge is -2.04. The van der Waals surface area contributed by atoms with Crippen LogP contribution >= 0.6 is 0 Å². The highest BCUT2D eigenvalue weighted by atomic mass is 32.2. The maximum absolute atomic E-state index is 11.3. The molecule has 0 aliphatic heterocycles. The Kier molecular flexibility index (Phi) is 2.26. The van der Waals surface area contributed by atoms with Crippen LogP contribution in [0, 0.1) is 0 Å². The van der Waals surface area contributed by atoms with E-state index in [0.717, 1.165) is 11.0 Å². The van der Waals surface area contributed by atoms with E-state index in [9.17, 15) is 8.42 Å². The van der Waals surface area contributed by atoms with Crippen LogP contribution < -0.4 is 0 Å². The van der Waals surface area contributed by atoms with Gasteiger partial charge in [-0.2, -0.15) is 0 Å². The van der Waals surface area contributed by atoms with Crippen molar-refractivity contribution >= 4 is 20.9 Å². The summed E-state index contributed by atoms with van der Waals surface area (Å²) in [6, 6.07) is 7.48. The molecule has 1 heterocycles. The Hall–Kier alpha value is -1.36. The lowest BCUT2D eigenvalue weighted by Crippen LogP contribution is -2.09. The number of sulfone groups is 1. The fourth-order valence-corrected chi connectivity index (χ4v) is 1.89. The number of aromatic nitrogens is 2. The first-order valence-electron chi connectivity index (χ1n) is 4.62. The molecule has 80 valence electrons. The first-order chi connectivity index (χ1) is 6.98. The second kappa shape index (κ2) is 3.34. The molecule has 0 saturated carbocycles. The van der Waals surface area contributed by atoms with Gasteiger partial charge < -0.3 is 4.98 Å². The highest BCUT2D eigenvalue weighted by molar-refractivity contribution is 7.90. The number of H-pyrrole nitrogens is 1. The average molecular weight is 224 g/mol. The lowest BCUT2D eigenvalue weighted by atomic mass is 10.3. The highest BCUT2D eigenvalue weighted by Gasteiger charge is 2.20. The number of nitrogens with one attached hydrogen (secondary N) is 1. The Balaban J connectivity index is 2.54. The Morgan fingerprint density at radius 3 is 2.60 bits per heavy atom. The third-order valence-electron chi connectivity index (χ3n) is 2.43. The van der Waals surface area contributed by atoms with Crippen molar-refractivity contribution in [1.82, 2.24) is 9.97 Å². The molecule has 0 spiro atoms. The molecule has 4 nitrogen and oxygen atoms in total. The predicted molar refractivity (Wildman–Crippen MR) is 59.4 cm³/mol. The van der Waals surface area contributed by atoms with E-state index in [1.807, 2.05) is 24.3 Å². The fraction of sp³-hybridized carbons (Fsp3) is 0.300. The van der Waals surface area contributed by atoms with Crippen LogP contribution in [0.25, 0.3) is 11.0 Å². The number of benzene rings is 1. The van der Waals surface area contributed by atoms with Crippen LogP contribution in [0.15, 0.2) is 24.3 Å². The zero-order valence-corrected chi connectivity index (χ0v) is 9.38. The van der Waals surface area contributed by atoms with Gasteiger partial charge in [-0.05, 0) is 19.1 Å². The Morgan fingerprint density at radius 1 is 1.33 bits per heavy atom. The van der Waals surface area contributed by atoms with Crippen LogP contribution in [-0.4, -0.2) is 24.6 Å². The van der Waals surface area contributed by atoms with Gasteiger partial charge in [0.2, 0.25) is 0 Å². The van der Waals surface area contributed by atoms with Gasteiger partial charge in [-0.3, -0.25) is 0 Å². The molecular weight excluding hydrogens is 212 g/mol. The van der Waals surface area contributed by atoms with Gasteiger partial charge in [0.25, 0.3) is 0 Å². The minimum Gasteiger partial charge on any atom is -0.341 e. The van der Waals surface area contributed by atoms with Crippen LogP contribution in [0.2, 0.25) is 0 Å². The Morgan fingerprint density at radius 2 is 2.00 bits per heavy atom. The Bertz CT molecular complexity index is 553. The van der Waals surface area contributed by atoms with Crippen molar-refractivity contribution in [2.75, 3.05) is 6.26 Å². The molecule has 0 aliphatic carbocycles. The molecule has 1 aromatic carbocycles. The number of nitrogens with zero attached hydrogens (tertiary/aromatic N) is 1. The summed E-state index contributed by atoms with van der Waals surface area (Å²) in [7, 11) is -3.10. The number of hydrogen-bond donors (Lipinski definition) is 1. The summed E-state index contributed by atoms with van der Waals surface area (Å²) in [5, 5.41) is -0.593. The molecule has 0 amide bonds. The highest BCUT2D eigenvalue weighted by Crippen LogP contribution is 2.20. The van der Waals surface area contributed by atoms with Crippen molar-refractivity contribution in [2.45, 2.75) is 12.2 Å². The van der Waals surface area contributed by atoms with Crippen molar-refractivity contribution in [1.29, 1.82) is 0 Å². The van der Waals surface area contributed by atoms with Crippen molar-refractivity contribution in [3.63, 3.8) is 0 Å². The van der Waals surface area contributed by atoms with Crippen molar-refractivity contribution in [3.05, 3.63) is 30.1 Å². The molecule has 1 aromatic heterocycles. The van der Waals surface area contributed by atoms with Crippen molar-refractivity contribution < 1.29 is 8.42 Å². The number of para-hydroxylation sites is 2. The SMILES string of the molecule is CC(c1nc2ccccc2[nH]1)S(C)(=O)=O. The average Bonchev–Trinajstić information content (AvgIpc) is 2.58. The number of fused-ring (bicyclic) bond motifs is 1. The lowest BCUT2D eigenvalue weighted by molar-refractivity contribution is 0.590. The summed E-state index contributed by atoms with van der Waals surface area (Å²) >= 11 is 0. The second-order valence-corrected chi connectivity index (χ2v) is 5.98. The van der Waals surface area contributed by atoms with E-state index in [2.05, 4.69) is 9.97 Å². The van der Waals surface area contributed by atoms with Crippen LogP contribution in [0.4, 0.5) is 0 Å². The maximum atomic E-state index is 11.3. The van der Waals surface area contributed by atoms with Gasteiger partial charge in [0, 0.05) is 6.26 Å². The zero-order valence-electron chi connectivity index (χ0n) is 8.56. The predicted octanol–water partition coefficient (Wildman–Crippen LogP) is 1.67. The number of imidazole rings is 1. The molecule has 0 saturated heterocycles. The van der Waals surface area contributed by atoms with Gasteiger partial charge in [-0.1, -0.05) is 12.1 Å². The van der Waals surface area contributed by atoms with Gasteiger partial charge in [0.15, 0.2) is 9.84 Å². The summed E-state index contributed by atoms with van der Waals surface area (Å²) in [6.07, 6.45) is 1.21. The molecule has 0 aliphatic rings. The summed E-state index contributed by atoms with van der Waals surface area (Å²) in [5.74, 6) is 0.499. The normalized spacial score (nSPS) is 14.3.